The number of aryl methyl sites for hydroxylation is 2. The molecule has 0 amide bonds. The van der Waals surface area contributed by atoms with Gasteiger partial charge in [0.05, 0.1) is 11.0 Å². The van der Waals surface area contributed by atoms with E-state index in [4.69, 9.17) is 4.74 Å². The van der Waals surface area contributed by atoms with Crippen LogP contribution in [0.4, 0.5) is 0 Å². The first-order chi connectivity index (χ1) is 8.74. The number of hydrogen-bond donors (Lipinski definition) is 2. The minimum absolute atomic E-state index is 0.336. The van der Waals surface area contributed by atoms with Crippen LogP contribution in [0.1, 0.15) is 24.2 Å². The van der Waals surface area contributed by atoms with Crippen LogP contribution in [0.2, 0.25) is 0 Å². The molecular formula is C14H19N3O. The Labute approximate surface area is 107 Å². The molecular weight excluding hydrogens is 226 g/mol. The SMILES string of the molecule is Cc1nc2c(C)c(OC3CCNCC3)ccc2[nH]1. The quantitative estimate of drug-likeness (QED) is 0.853. The maximum Gasteiger partial charge on any atom is 0.124 e. The molecule has 2 N–H and O–H groups in total. The number of nitrogens with zero attached hydrogens (tertiary/aromatic N) is 1. The van der Waals surface area contributed by atoms with Crippen molar-refractivity contribution in [2.75, 3.05) is 13.1 Å². The van der Waals surface area contributed by atoms with Gasteiger partial charge in [-0.05, 0) is 51.9 Å². The fourth-order valence-electron chi connectivity index (χ4n) is 2.54. The van der Waals surface area contributed by atoms with Gasteiger partial charge in [0.25, 0.3) is 0 Å². The molecule has 1 aliphatic rings. The highest BCUT2D eigenvalue weighted by atomic mass is 16.5. The number of fused-ring (bicyclic) bond motifs is 1. The van der Waals surface area contributed by atoms with E-state index in [-0.39, 0.29) is 0 Å². The van der Waals surface area contributed by atoms with Crippen LogP contribution in [0.25, 0.3) is 11.0 Å². The van der Waals surface area contributed by atoms with Crippen LogP contribution in [0.15, 0.2) is 12.1 Å². The first-order valence-corrected chi connectivity index (χ1v) is 6.57. The Morgan fingerprint density at radius 3 is 2.78 bits per heavy atom. The van der Waals surface area contributed by atoms with Crippen LogP contribution < -0.4 is 10.1 Å². The molecule has 0 aliphatic carbocycles. The third-order valence-corrected chi connectivity index (χ3v) is 3.56. The van der Waals surface area contributed by atoms with Crippen molar-refractivity contribution in [1.82, 2.24) is 15.3 Å². The number of aromatic amines is 1. The molecule has 1 aliphatic heterocycles. The van der Waals surface area contributed by atoms with Crippen molar-refractivity contribution in [3.05, 3.63) is 23.5 Å². The molecule has 96 valence electrons. The fraction of sp³-hybridized carbons (Fsp3) is 0.500. The van der Waals surface area contributed by atoms with Gasteiger partial charge in [-0.15, -0.1) is 0 Å². The zero-order chi connectivity index (χ0) is 12.5. The van der Waals surface area contributed by atoms with Gasteiger partial charge in [0.2, 0.25) is 0 Å². The van der Waals surface area contributed by atoms with Gasteiger partial charge in [0, 0.05) is 5.56 Å². The van der Waals surface area contributed by atoms with E-state index >= 15 is 0 Å². The normalized spacial score (nSPS) is 17.2. The molecule has 3 rings (SSSR count). The van der Waals surface area contributed by atoms with Crippen LogP contribution in [0.3, 0.4) is 0 Å². The van der Waals surface area contributed by atoms with E-state index in [0.29, 0.717) is 6.10 Å². The number of hydrogen-bond acceptors (Lipinski definition) is 3. The molecule has 18 heavy (non-hydrogen) atoms. The van der Waals surface area contributed by atoms with Crippen molar-refractivity contribution in [3.63, 3.8) is 0 Å². The number of H-pyrrole nitrogens is 1. The molecule has 0 bridgehead atoms. The second-order valence-electron chi connectivity index (χ2n) is 4.97. The Morgan fingerprint density at radius 1 is 1.22 bits per heavy atom. The Hall–Kier alpha value is -1.55. The van der Waals surface area contributed by atoms with Crippen LogP contribution >= 0.6 is 0 Å². The lowest BCUT2D eigenvalue weighted by Gasteiger charge is -2.24. The zero-order valence-electron chi connectivity index (χ0n) is 10.9. The molecule has 0 unspecified atom stereocenters. The lowest BCUT2D eigenvalue weighted by Crippen LogP contribution is -2.34. The summed E-state index contributed by atoms with van der Waals surface area (Å²) in [7, 11) is 0. The van der Waals surface area contributed by atoms with Crippen molar-refractivity contribution < 1.29 is 4.74 Å². The zero-order valence-corrected chi connectivity index (χ0v) is 10.9. The van der Waals surface area contributed by atoms with E-state index in [1.807, 2.05) is 6.92 Å². The lowest BCUT2D eigenvalue weighted by atomic mass is 10.1. The average Bonchev–Trinajstić information content (AvgIpc) is 2.76. The summed E-state index contributed by atoms with van der Waals surface area (Å²) >= 11 is 0. The predicted octanol–water partition coefficient (Wildman–Crippen LogP) is 2.31. The lowest BCUT2D eigenvalue weighted by molar-refractivity contribution is 0.161. The minimum atomic E-state index is 0.336. The van der Waals surface area contributed by atoms with E-state index < -0.39 is 0 Å². The topological polar surface area (TPSA) is 49.9 Å². The average molecular weight is 245 g/mol. The van der Waals surface area contributed by atoms with Crippen LogP contribution in [0.5, 0.6) is 5.75 Å². The monoisotopic (exact) mass is 245 g/mol. The van der Waals surface area contributed by atoms with Gasteiger partial charge in [0.1, 0.15) is 17.7 Å². The number of rotatable bonds is 2. The van der Waals surface area contributed by atoms with Gasteiger partial charge in [-0.1, -0.05) is 0 Å². The van der Waals surface area contributed by atoms with E-state index in [9.17, 15) is 0 Å². The van der Waals surface area contributed by atoms with Crippen LogP contribution in [-0.4, -0.2) is 29.2 Å². The Kier molecular flexibility index (Phi) is 2.96. The predicted molar refractivity (Wildman–Crippen MR) is 72.1 cm³/mol. The Bertz CT molecular complexity index is 555. The maximum atomic E-state index is 6.11. The molecule has 0 atom stereocenters. The molecule has 2 heterocycles. The summed E-state index contributed by atoms with van der Waals surface area (Å²) in [6, 6.07) is 4.11. The van der Waals surface area contributed by atoms with E-state index in [1.165, 1.54) is 0 Å². The van der Waals surface area contributed by atoms with Crippen molar-refractivity contribution in [1.29, 1.82) is 0 Å². The van der Waals surface area contributed by atoms with Crippen molar-refractivity contribution in [3.8, 4) is 5.75 Å². The summed E-state index contributed by atoms with van der Waals surface area (Å²) < 4.78 is 6.11. The molecule has 1 fully saturated rings. The van der Waals surface area contributed by atoms with Crippen molar-refractivity contribution >= 4 is 11.0 Å². The van der Waals surface area contributed by atoms with Gasteiger partial charge in [-0.25, -0.2) is 4.98 Å². The third kappa shape index (κ3) is 2.08. The van der Waals surface area contributed by atoms with Gasteiger partial charge in [0.15, 0.2) is 0 Å². The number of aromatic nitrogens is 2. The van der Waals surface area contributed by atoms with Crippen molar-refractivity contribution in [2.24, 2.45) is 0 Å². The molecule has 0 saturated carbocycles. The highest BCUT2D eigenvalue weighted by molar-refractivity contribution is 5.81. The third-order valence-electron chi connectivity index (χ3n) is 3.56. The van der Waals surface area contributed by atoms with E-state index in [2.05, 4.69) is 34.3 Å². The van der Waals surface area contributed by atoms with Crippen LogP contribution in [0, 0.1) is 13.8 Å². The summed E-state index contributed by atoms with van der Waals surface area (Å²) in [6.07, 6.45) is 2.50. The van der Waals surface area contributed by atoms with Crippen molar-refractivity contribution in [2.45, 2.75) is 32.8 Å². The first-order valence-electron chi connectivity index (χ1n) is 6.57. The number of piperidine rings is 1. The second-order valence-corrected chi connectivity index (χ2v) is 4.97. The standard InChI is InChI=1S/C14H19N3O/c1-9-13(18-11-5-7-15-8-6-11)4-3-12-14(9)17-10(2)16-12/h3-4,11,15H,5-8H2,1-2H3,(H,16,17). The number of imidazole rings is 1. The highest BCUT2D eigenvalue weighted by Crippen LogP contribution is 2.27. The van der Waals surface area contributed by atoms with Gasteiger partial charge < -0.3 is 15.0 Å². The Morgan fingerprint density at radius 2 is 2.00 bits per heavy atom. The molecule has 4 heteroatoms. The minimum Gasteiger partial charge on any atom is -0.490 e. The summed E-state index contributed by atoms with van der Waals surface area (Å²) in [5.41, 5.74) is 3.25. The largest absolute Gasteiger partial charge is 0.490 e. The number of benzene rings is 1. The van der Waals surface area contributed by atoms with E-state index in [0.717, 1.165) is 54.1 Å². The Balaban J connectivity index is 1.89. The smallest absolute Gasteiger partial charge is 0.124 e. The molecule has 1 aromatic heterocycles. The van der Waals surface area contributed by atoms with Gasteiger partial charge in [-0.2, -0.15) is 0 Å². The van der Waals surface area contributed by atoms with Crippen LogP contribution in [-0.2, 0) is 0 Å². The number of nitrogens with one attached hydrogen (secondary N) is 2. The second kappa shape index (κ2) is 4.61. The molecule has 0 radical (unpaired) electrons. The first kappa shape index (κ1) is 11.5. The summed E-state index contributed by atoms with van der Waals surface area (Å²) in [5, 5.41) is 3.35. The molecule has 4 nitrogen and oxygen atoms in total. The molecule has 0 spiro atoms. The van der Waals surface area contributed by atoms with Gasteiger partial charge in [-0.3, -0.25) is 0 Å². The highest BCUT2D eigenvalue weighted by Gasteiger charge is 2.16. The summed E-state index contributed by atoms with van der Waals surface area (Å²) in [6.45, 7) is 6.16. The molecule has 1 saturated heterocycles. The molecule has 1 aromatic carbocycles. The van der Waals surface area contributed by atoms with E-state index in [1.54, 1.807) is 0 Å². The number of ether oxygens (including phenoxy) is 1. The van der Waals surface area contributed by atoms with Gasteiger partial charge >= 0.3 is 0 Å². The summed E-state index contributed by atoms with van der Waals surface area (Å²) in [4.78, 5) is 7.77. The maximum absolute atomic E-state index is 6.11. The summed E-state index contributed by atoms with van der Waals surface area (Å²) in [5.74, 6) is 1.92. The fourth-order valence-corrected chi connectivity index (χ4v) is 2.54. The molecule has 2 aromatic rings.